The molecule has 0 radical (unpaired) electrons. The number of pyridine rings is 1. The number of phenolic OH excluding ortho intramolecular Hbond substituents is 1. The Morgan fingerprint density at radius 3 is 2.39 bits per heavy atom. The lowest BCUT2D eigenvalue weighted by atomic mass is 9.79. The summed E-state index contributed by atoms with van der Waals surface area (Å²) < 4.78 is 0. The number of piperidine rings is 1. The lowest BCUT2D eigenvalue weighted by Gasteiger charge is -2.49. The van der Waals surface area contributed by atoms with E-state index in [1.807, 2.05) is 12.1 Å². The number of rotatable bonds is 3. The standard InChI is InChI=1S/C24H28N6O/c1-23(2)13-16(14-24(3,4)29-23)30(6)22-10-8-18(27-28-22)17-12-19-15(11-20(17)31)7-9-21(25-5)26-19/h7-12,16,29,31H,13-14H2,1-4,6H3. The Morgan fingerprint density at radius 2 is 1.77 bits per heavy atom. The van der Waals surface area contributed by atoms with Crippen molar-refractivity contribution in [2.45, 2.75) is 57.7 Å². The number of phenols is 1. The van der Waals surface area contributed by atoms with Crippen molar-refractivity contribution < 1.29 is 5.11 Å². The Hall–Kier alpha value is -3.24. The molecule has 4 rings (SSSR count). The van der Waals surface area contributed by atoms with Gasteiger partial charge >= 0.3 is 0 Å². The van der Waals surface area contributed by atoms with Crippen LogP contribution >= 0.6 is 0 Å². The summed E-state index contributed by atoms with van der Waals surface area (Å²) in [6, 6.07) is 11.0. The lowest BCUT2D eigenvalue weighted by Crippen LogP contribution is -2.62. The lowest BCUT2D eigenvalue weighted by molar-refractivity contribution is 0.160. The highest BCUT2D eigenvalue weighted by molar-refractivity contribution is 5.88. The van der Waals surface area contributed by atoms with Crippen LogP contribution in [0.25, 0.3) is 27.0 Å². The number of anilines is 1. The van der Waals surface area contributed by atoms with Crippen LogP contribution in [-0.2, 0) is 0 Å². The molecular weight excluding hydrogens is 388 g/mol. The predicted octanol–water partition coefficient (Wildman–Crippen LogP) is 4.69. The number of hydrogen-bond donors (Lipinski definition) is 2. The molecule has 7 nitrogen and oxygen atoms in total. The SMILES string of the molecule is [C-]#[N+]c1ccc2cc(O)c(-c3ccc(N(C)C4CC(C)(C)NC(C)(C)C4)nn3)cc2n1. The van der Waals surface area contributed by atoms with Crippen LogP contribution in [0.3, 0.4) is 0 Å². The van der Waals surface area contributed by atoms with Crippen LogP contribution in [-0.4, -0.2) is 44.5 Å². The first kappa shape index (κ1) is 21.0. The van der Waals surface area contributed by atoms with Gasteiger partial charge in [0.25, 0.3) is 5.82 Å². The highest BCUT2D eigenvalue weighted by Gasteiger charge is 2.39. The van der Waals surface area contributed by atoms with Crippen LogP contribution in [0, 0.1) is 6.57 Å². The van der Waals surface area contributed by atoms with E-state index in [-0.39, 0.29) is 16.8 Å². The Labute approximate surface area is 183 Å². The van der Waals surface area contributed by atoms with Crippen molar-refractivity contribution in [3.8, 4) is 17.0 Å². The van der Waals surface area contributed by atoms with Gasteiger partial charge in [0, 0.05) is 41.2 Å². The van der Waals surface area contributed by atoms with Crippen LogP contribution in [0.4, 0.5) is 11.6 Å². The molecule has 1 aromatic carbocycles. The summed E-state index contributed by atoms with van der Waals surface area (Å²) in [6.07, 6.45) is 2.02. The summed E-state index contributed by atoms with van der Waals surface area (Å²) in [7, 11) is 2.06. The molecule has 160 valence electrons. The fourth-order valence-corrected chi connectivity index (χ4v) is 4.80. The fraction of sp³-hybridized carbons (Fsp3) is 0.417. The van der Waals surface area contributed by atoms with Crippen molar-refractivity contribution in [3.05, 3.63) is 47.8 Å². The quantitative estimate of drug-likeness (QED) is 0.603. The van der Waals surface area contributed by atoms with E-state index in [9.17, 15) is 5.11 Å². The monoisotopic (exact) mass is 416 g/mol. The Bertz CT molecular complexity index is 1150. The van der Waals surface area contributed by atoms with Crippen molar-refractivity contribution in [2.24, 2.45) is 0 Å². The van der Waals surface area contributed by atoms with Crippen molar-refractivity contribution in [1.82, 2.24) is 20.5 Å². The third-order valence-electron chi connectivity index (χ3n) is 5.91. The normalized spacial score (nSPS) is 17.9. The van der Waals surface area contributed by atoms with Crippen molar-refractivity contribution in [1.29, 1.82) is 0 Å². The van der Waals surface area contributed by atoms with Gasteiger partial charge in [-0.05, 0) is 64.8 Å². The maximum atomic E-state index is 10.5. The average Bonchev–Trinajstić information content (AvgIpc) is 2.70. The number of nitrogens with zero attached hydrogens (tertiary/aromatic N) is 5. The first-order valence-corrected chi connectivity index (χ1v) is 10.4. The van der Waals surface area contributed by atoms with Crippen LogP contribution < -0.4 is 10.2 Å². The van der Waals surface area contributed by atoms with Gasteiger partial charge in [-0.25, -0.2) is 0 Å². The van der Waals surface area contributed by atoms with Crippen LogP contribution in [0.15, 0.2) is 36.4 Å². The number of nitrogens with one attached hydrogen (secondary N) is 1. The minimum absolute atomic E-state index is 0.0438. The zero-order chi connectivity index (χ0) is 22.4. The van der Waals surface area contributed by atoms with Gasteiger partial charge in [0.15, 0.2) is 11.3 Å². The van der Waals surface area contributed by atoms with Crippen molar-refractivity contribution in [3.63, 3.8) is 0 Å². The van der Waals surface area contributed by atoms with Crippen molar-refractivity contribution >= 4 is 22.5 Å². The van der Waals surface area contributed by atoms with E-state index in [1.54, 1.807) is 24.3 Å². The molecule has 3 heterocycles. The molecule has 0 spiro atoms. The smallest absolute Gasteiger partial charge is 0.270 e. The number of benzene rings is 1. The molecule has 0 atom stereocenters. The molecule has 0 bridgehead atoms. The summed E-state index contributed by atoms with van der Waals surface area (Å²) in [5.41, 5.74) is 1.85. The number of aromatic nitrogens is 3. The van der Waals surface area contributed by atoms with Crippen LogP contribution in [0.1, 0.15) is 40.5 Å². The Kier molecular flexibility index (Phi) is 5.06. The average molecular weight is 417 g/mol. The predicted molar refractivity (Wildman–Crippen MR) is 123 cm³/mol. The maximum Gasteiger partial charge on any atom is 0.270 e. The van der Waals surface area contributed by atoms with Gasteiger partial charge < -0.3 is 20.2 Å². The van der Waals surface area contributed by atoms with E-state index in [4.69, 9.17) is 6.57 Å². The molecule has 1 fully saturated rings. The van der Waals surface area contributed by atoms with Gasteiger partial charge in [0.1, 0.15) is 5.75 Å². The van der Waals surface area contributed by atoms with Gasteiger partial charge in [-0.2, -0.15) is 0 Å². The Morgan fingerprint density at radius 1 is 1.06 bits per heavy atom. The number of aromatic hydroxyl groups is 1. The van der Waals surface area contributed by atoms with E-state index >= 15 is 0 Å². The van der Waals surface area contributed by atoms with Gasteiger partial charge in [-0.15, -0.1) is 15.2 Å². The van der Waals surface area contributed by atoms with E-state index in [1.165, 1.54) is 0 Å². The number of hydrogen-bond acceptors (Lipinski definition) is 6. The summed E-state index contributed by atoms with van der Waals surface area (Å²) in [4.78, 5) is 9.91. The van der Waals surface area contributed by atoms with E-state index in [2.05, 4.69) is 65.0 Å². The second-order valence-electron chi connectivity index (χ2n) is 9.69. The second kappa shape index (κ2) is 7.47. The molecule has 7 heteroatoms. The number of fused-ring (bicyclic) bond motifs is 1. The molecule has 0 amide bonds. The largest absolute Gasteiger partial charge is 0.507 e. The zero-order valence-corrected chi connectivity index (χ0v) is 18.6. The molecule has 1 saturated heterocycles. The molecule has 1 aliphatic rings. The zero-order valence-electron chi connectivity index (χ0n) is 18.6. The van der Waals surface area contributed by atoms with E-state index in [0.717, 1.165) is 24.0 Å². The minimum atomic E-state index is 0.0438. The van der Waals surface area contributed by atoms with Crippen molar-refractivity contribution in [2.75, 3.05) is 11.9 Å². The third-order valence-corrected chi connectivity index (χ3v) is 5.91. The van der Waals surface area contributed by atoms with Crippen LogP contribution in [0.2, 0.25) is 0 Å². The maximum absolute atomic E-state index is 10.5. The molecule has 2 aromatic heterocycles. The summed E-state index contributed by atoms with van der Waals surface area (Å²) >= 11 is 0. The molecule has 0 saturated carbocycles. The topological polar surface area (TPSA) is 78.5 Å². The van der Waals surface area contributed by atoms with Gasteiger partial charge in [0.05, 0.1) is 5.69 Å². The highest BCUT2D eigenvalue weighted by Crippen LogP contribution is 2.35. The highest BCUT2D eigenvalue weighted by atomic mass is 16.3. The summed E-state index contributed by atoms with van der Waals surface area (Å²) in [5.74, 6) is 1.23. The molecule has 31 heavy (non-hydrogen) atoms. The first-order chi connectivity index (χ1) is 14.6. The molecular formula is C24H28N6O. The molecule has 0 aliphatic carbocycles. The van der Waals surface area contributed by atoms with Gasteiger partial charge in [0.2, 0.25) is 0 Å². The van der Waals surface area contributed by atoms with Crippen LogP contribution in [0.5, 0.6) is 5.75 Å². The molecule has 1 aliphatic heterocycles. The van der Waals surface area contributed by atoms with E-state index in [0.29, 0.717) is 28.6 Å². The summed E-state index contributed by atoms with van der Waals surface area (Å²) in [5, 5.41) is 23.8. The first-order valence-electron chi connectivity index (χ1n) is 10.4. The minimum Gasteiger partial charge on any atom is -0.507 e. The summed E-state index contributed by atoms with van der Waals surface area (Å²) in [6.45, 7) is 16.1. The fourth-order valence-electron chi connectivity index (χ4n) is 4.80. The van der Waals surface area contributed by atoms with Gasteiger partial charge in [-0.3, -0.25) is 0 Å². The Balaban J connectivity index is 1.62. The molecule has 2 N–H and O–H groups in total. The van der Waals surface area contributed by atoms with Gasteiger partial charge in [-0.1, -0.05) is 12.6 Å². The second-order valence-corrected chi connectivity index (χ2v) is 9.69. The molecule has 0 unspecified atom stereocenters. The molecule has 3 aromatic rings. The third kappa shape index (κ3) is 4.30. The van der Waals surface area contributed by atoms with E-state index < -0.39 is 0 Å².